The Labute approximate surface area is 140 Å². The van der Waals surface area contributed by atoms with Crippen molar-refractivity contribution in [3.63, 3.8) is 0 Å². The van der Waals surface area contributed by atoms with Gasteiger partial charge in [0.15, 0.2) is 0 Å². The predicted molar refractivity (Wildman–Crippen MR) is 92.3 cm³/mol. The summed E-state index contributed by atoms with van der Waals surface area (Å²) in [5.41, 5.74) is 0. The number of carboxylic acid groups (broad SMARTS) is 1. The van der Waals surface area contributed by atoms with E-state index in [-0.39, 0.29) is 18.4 Å². The van der Waals surface area contributed by atoms with Crippen molar-refractivity contribution in [2.24, 2.45) is 0 Å². The van der Waals surface area contributed by atoms with Crippen LogP contribution in [-0.4, -0.2) is 34.7 Å². The van der Waals surface area contributed by atoms with E-state index in [1.54, 1.807) is 0 Å². The molecule has 5 heteroatoms. The Balaban J connectivity index is 3.20. The molecule has 0 aliphatic carbocycles. The quantitative estimate of drug-likeness (QED) is 0.377. The zero-order valence-electron chi connectivity index (χ0n) is 14.7. The normalized spacial score (nSPS) is 12.1. The number of amides is 1. The number of carbonyl (C=O) groups is 2. The van der Waals surface area contributed by atoms with Crippen LogP contribution in [0.15, 0.2) is 0 Å². The van der Waals surface area contributed by atoms with Gasteiger partial charge in [0, 0.05) is 19.4 Å². The number of aliphatic carboxylic acids is 1. The molecule has 5 nitrogen and oxygen atoms in total. The van der Waals surface area contributed by atoms with Crippen LogP contribution < -0.4 is 5.32 Å². The van der Waals surface area contributed by atoms with Crippen LogP contribution in [0.4, 0.5) is 0 Å². The molecule has 0 aromatic heterocycles. The highest BCUT2D eigenvalue weighted by Gasteiger charge is 2.01. The highest BCUT2D eigenvalue weighted by Crippen LogP contribution is 2.10. The first-order valence-electron chi connectivity index (χ1n) is 9.19. The topological polar surface area (TPSA) is 86.6 Å². The molecule has 0 aliphatic heterocycles. The third kappa shape index (κ3) is 18.9. The maximum atomic E-state index is 11.6. The average molecular weight is 329 g/mol. The molecule has 1 amide bonds. The van der Waals surface area contributed by atoms with Crippen LogP contribution in [-0.2, 0) is 9.59 Å². The first-order valence-corrected chi connectivity index (χ1v) is 9.19. The fraction of sp³-hybridized carbons (Fsp3) is 0.889. The molecule has 0 bridgehead atoms. The second-order valence-electron chi connectivity index (χ2n) is 6.42. The van der Waals surface area contributed by atoms with E-state index in [0.717, 1.165) is 38.5 Å². The Hall–Kier alpha value is -1.10. The van der Waals surface area contributed by atoms with E-state index >= 15 is 0 Å². The van der Waals surface area contributed by atoms with Crippen LogP contribution in [0.25, 0.3) is 0 Å². The molecule has 0 aromatic carbocycles. The van der Waals surface area contributed by atoms with E-state index in [9.17, 15) is 9.59 Å². The predicted octanol–water partition coefficient (Wildman–Crippen LogP) is 3.64. The summed E-state index contributed by atoms with van der Waals surface area (Å²) in [5, 5.41) is 20.5. The molecule has 0 heterocycles. The molecule has 0 spiro atoms. The van der Waals surface area contributed by atoms with E-state index in [1.165, 1.54) is 25.7 Å². The SMILES string of the molecule is CC(O)CCCCCCCCCC(=O)NCCCCCC(=O)O. The van der Waals surface area contributed by atoms with Gasteiger partial charge in [0.25, 0.3) is 0 Å². The molecule has 0 aromatic rings. The smallest absolute Gasteiger partial charge is 0.303 e. The molecule has 1 unspecified atom stereocenters. The number of carbonyl (C=O) groups excluding carboxylic acids is 1. The lowest BCUT2D eigenvalue weighted by atomic mass is 10.1. The zero-order chi connectivity index (χ0) is 17.3. The van der Waals surface area contributed by atoms with Gasteiger partial charge in [-0.3, -0.25) is 9.59 Å². The lowest BCUT2D eigenvalue weighted by Crippen LogP contribution is -2.23. The molecule has 3 N–H and O–H groups in total. The molecule has 136 valence electrons. The van der Waals surface area contributed by atoms with E-state index in [4.69, 9.17) is 10.2 Å². The van der Waals surface area contributed by atoms with Gasteiger partial charge in [-0.2, -0.15) is 0 Å². The number of nitrogens with one attached hydrogen (secondary N) is 1. The Morgan fingerprint density at radius 3 is 1.96 bits per heavy atom. The van der Waals surface area contributed by atoms with Crippen molar-refractivity contribution in [1.29, 1.82) is 0 Å². The largest absolute Gasteiger partial charge is 0.481 e. The summed E-state index contributed by atoms with van der Waals surface area (Å²) in [6, 6.07) is 0. The molecule has 0 aliphatic rings. The molecule has 0 fully saturated rings. The summed E-state index contributed by atoms with van der Waals surface area (Å²) in [7, 11) is 0. The third-order valence-corrected chi connectivity index (χ3v) is 3.92. The monoisotopic (exact) mass is 329 g/mol. The Morgan fingerprint density at radius 2 is 1.35 bits per heavy atom. The summed E-state index contributed by atoms with van der Waals surface area (Å²) in [5.74, 6) is -0.642. The van der Waals surface area contributed by atoms with Gasteiger partial charge in [0.05, 0.1) is 6.10 Å². The van der Waals surface area contributed by atoms with Crippen LogP contribution in [0, 0.1) is 0 Å². The number of aliphatic hydroxyl groups is 1. The van der Waals surface area contributed by atoms with Gasteiger partial charge in [0.1, 0.15) is 0 Å². The maximum Gasteiger partial charge on any atom is 0.303 e. The minimum atomic E-state index is -0.753. The van der Waals surface area contributed by atoms with Crippen molar-refractivity contribution in [2.45, 2.75) is 96.5 Å². The van der Waals surface area contributed by atoms with Gasteiger partial charge >= 0.3 is 5.97 Å². The van der Waals surface area contributed by atoms with Crippen molar-refractivity contribution >= 4 is 11.9 Å². The van der Waals surface area contributed by atoms with E-state index < -0.39 is 5.97 Å². The number of unbranched alkanes of at least 4 members (excludes halogenated alkanes) is 8. The number of carboxylic acids is 1. The summed E-state index contributed by atoms with van der Waals surface area (Å²) >= 11 is 0. The number of hydrogen-bond acceptors (Lipinski definition) is 3. The Morgan fingerprint density at radius 1 is 0.826 bits per heavy atom. The lowest BCUT2D eigenvalue weighted by Gasteiger charge is -2.05. The van der Waals surface area contributed by atoms with Crippen molar-refractivity contribution in [3.8, 4) is 0 Å². The van der Waals surface area contributed by atoms with Crippen LogP contribution in [0.3, 0.4) is 0 Å². The van der Waals surface area contributed by atoms with E-state index in [2.05, 4.69) is 5.32 Å². The van der Waals surface area contributed by atoms with Crippen molar-refractivity contribution in [1.82, 2.24) is 5.32 Å². The second kappa shape index (κ2) is 15.8. The van der Waals surface area contributed by atoms with E-state index in [1.807, 2.05) is 6.92 Å². The third-order valence-electron chi connectivity index (χ3n) is 3.92. The minimum absolute atomic E-state index is 0.111. The first kappa shape index (κ1) is 21.9. The van der Waals surface area contributed by atoms with Crippen LogP contribution in [0.1, 0.15) is 90.4 Å². The summed E-state index contributed by atoms with van der Waals surface area (Å²) in [6.07, 6.45) is 11.9. The van der Waals surface area contributed by atoms with Crippen LogP contribution >= 0.6 is 0 Å². The highest BCUT2D eigenvalue weighted by atomic mass is 16.4. The number of rotatable bonds is 16. The summed E-state index contributed by atoms with van der Waals surface area (Å²) < 4.78 is 0. The van der Waals surface area contributed by atoms with Gasteiger partial charge in [-0.15, -0.1) is 0 Å². The standard InChI is InChI=1S/C18H35NO4/c1-16(20)12-8-5-3-2-4-6-9-13-17(21)19-15-11-7-10-14-18(22)23/h16,20H,2-15H2,1H3,(H,19,21)(H,22,23). The average Bonchev–Trinajstić information content (AvgIpc) is 2.48. The first-order chi connectivity index (χ1) is 11.0. The highest BCUT2D eigenvalue weighted by molar-refractivity contribution is 5.75. The summed E-state index contributed by atoms with van der Waals surface area (Å²) in [6.45, 7) is 2.49. The molecule has 0 radical (unpaired) electrons. The second-order valence-corrected chi connectivity index (χ2v) is 6.42. The number of aliphatic hydroxyl groups excluding tert-OH is 1. The van der Waals surface area contributed by atoms with Gasteiger partial charge in [-0.1, -0.05) is 44.9 Å². The number of hydrogen-bond donors (Lipinski definition) is 3. The maximum absolute atomic E-state index is 11.6. The van der Waals surface area contributed by atoms with Crippen molar-refractivity contribution in [2.75, 3.05) is 6.54 Å². The van der Waals surface area contributed by atoms with Gasteiger partial charge in [-0.25, -0.2) is 0 Å². The van der Waals surface area contributed by atoms with Crippen LogP contribution in [0.5, 0.6) is 0 Å². The van der Waals surface area contributed by atoms with Crippen molar-refractivity contribution < 1.29 is 19.8 Å². The lowest BCUT2D eigenvalue weighted by molar-refractivity contribution is -0.137. The molecule has 23 heavy (non-hydrogen) atoms. The molecule has 1 atom stereocenters. The van der Waals surface area contributed by atoms with Crippen molar-refractivity contribution in [3.05, 3.63) is 0 Å². The Bertz CT molecular complexity index is 305. The van der Waals surface area contributed by atoms with E-state index in [0.29, 0.717) is 19.4 Å². The molecule has 0 rings (SSSR count). The van der Waals surface area contributed by atoms with Gasteiger partial charge in [0.2, 0.25) is 5.91 Å². The Kier molecular flexibility index (Phi) is 15.0. The zero-order valence-corrected chi connectivity index (χ0v) is 14.7. The fourth-order valence-electron chi connectivity index (χ4n) is 2.50. The fourth-order valence-corrected chi connectivity index (χ4v) is 2.50. The van der Waals surface area contributed by atoms with Gasteiger partial charge in [-0.05, 0) is 32.6 Å². The molecule has 0 saturated heterocycles. The summed E-state index contributed by atoms with van der Waals surface area (Å²) in [4.78, 5) is 21.9. The van der Waals surface area contributed by atoms with Gasteiger partial charge < -0.3 is 15.5 Å². The molecular formula is C18H35NO4. The van der Waals surface area contributed by atoms with Crippen LogP contribution in [0.2, 0.25) is 0 Å². The molecular weight excluding hydrogens is 294 g/mol. The minimum Gasteiger partial charge on any atom is -0.481 e. The molecule has 0 saturated carbocycles.